The van der Waals surface area contributed by atoms with Crippen molar-refractivity contribution in [1.29, 1.82) is 0 Å². The SMILES string of the molecule is CSCCc1nc(-c2ccccc2)sc1N. The van der Waals surface area contributed by atoms with Crippen LogP contribution in [0.25, 0.3) is 10.6 Å². The molecule has 0 bridgehead atoms. The molecule has 0 aliphatic rings. The highest BCUT2D eigenvalue weighted by Crippen LogP contribution is 2.30. The number of benzene rings is 1. The first-order valence-corrected chi connectivity index (χ1v) is 7.32. The second-order valence-corrected chi connectivity index (χ2v) is 5.46. The van der Waals surface area contributed by atoms with E-state index in [4.69, 9.17) is 5.73 Å². The normalized spacial score (nSPS) is 10.6. The molecule has 0 unspecified atom stereocenters. The van der Waals surface area contributed by atoms with Gasteiger partial charge in [0, 0.05) is 12.0 Å². The van der Waals surface area contributed by atoms with Gasteiger partial charge in [-0.2, -0.15) is 11.8 Å². The lowest BCUT2D eigenvalue weighted by molar-refractivity contribution is 1.08. The van der Waals surface area contributed by atoms with Gasteiger partial charge in [-0.1, -0.05) is 41.7 Å². The van der Waals surface area contributed by atoms with Gasteiger partial charge in [0.15, 0.2) is 0 Å². The Morgan fingerprint density at radius 1 is 1.31 bits per heavy atom. The predicted molar refractivity (Wildman–Crippen MR) is 74.0 cm³/mol. The average Bonchev–Trinajstić information content (AvgIpc) is 2.69. The number of anilines is 1. The van der Waals surface area contributed by atoms with E-state index >= 15 is 0 Å². The van der Waals surface area contributed by atoms with Gasteiger partial charge < -0.3 is 5.73 Å². The fourth-order valence-electron chi connectivity index (χ4n) is 1.45. The quantitative estimate of drug-likeness (QED) is 0.905. The van der Waals surface area contributed by atoms with Gasteiger partial charge >= 0.3 is 0 Å². The first-order valence-electron chi connectivity index (χ1n) is 5.11. The monoisotopic (exact) mass is 250 g/mol. The molecular formula is C12H14N2S2. The largest absolute Gasteiger partial charge is 0.389 e. The number of nitrogen functional groups attached to an aromatic ring is 1. The van der Waals surface area contributed by atoms with Crippen LogP contribution >= 0.6 is 23.1 Å². The zero-order valence-electron chi connectivity index (χ0n) is 9.14. The zero-order chi connectivity index (χ0) is 11.4. The molecule has 84 valence electrons. The zero-order valence-corrected chi connectivity index (χ0v) is 10.8. The highest BCUT2D eigenvalue weighted by molar-refractivity contribution is 7.98. The van der Waals surface area contributed by atoms with Crippen molar-refractivity contribution in [2.45, 2.75) is 6.42 Å². The molecule has 2 aromatic rings. The molecule has 4 heteroatoms. The molecule has 16 heavy (non-hydrogen) atoms. The van der Waals surface area contributed by atoms with E-state index in [1.54, 1.807) is 11.3 Å². The lowest BCUT2D eigenvalue weighted by Gasteiger charge is -1.95. The molecule has 0 radical (unpaired) electrons. The summed E-state index contributed by atoms with van der Waals surface area (Å²) in [6.07, 6.45) is 3.05. The van der Waals surface area contributed by atoms with Crippen molar-refractivity contribution < 1.29 is 0 Å². The summed E-state index contributed by atoms with van der Waals surface area (Å²) in [5.74, 6) is 1.07. The maximum absolute atomic E-state index is 5.97. The third-order valence-corrected chi connectivity index (χ3v) is 3.88. The van der Waals surface area contributed by atoms with Crippen LogP contribution in [0.3, 0.4) is 0 Å². The van der Waals surface area contributed by atoms with E-state index < -0.39 is 0 Å². The molecule has 0 saturated carbocycles. The second-order valence-electron chi connectivity index (χ2n) is 3.44. The lowest BCUT2D eigenvalue weighted by atomic mass is 10.2. The second kappa shape index (κ2) is 5.37. The van der Waals surface area contributed by atoms with Gasteiger partial charge in [-0.15, -0.1) is 0 Å². The lowest BCUT2D eigenvalue weighted by Crippen LogP contribution is -1.93. The number of hydrogen-bond acceptors (Lipinski definition) is 4. The van der Waals surface area contributed by atoms with Crippen molar-refractivity contribution in [3.05, 3.63) is 36.0 Å². The fraction of sp³-hybridized carbons (Fsp3) is 0.250. The number of nitrogens with two attached hydrogens (primary N) is 1. The first kappa shape index (κ1) is 11.5. The van der Waals surface area contributed by atoms with Crippen molar-refractivity contribution in [2.24, 2.45) is 0 Å². The van der Waals surface area contributed by atoms with E-state index in [9.17, 15) is 0 Å². The van der Waals surface area contributed by atoms with Crippen LogP contribution in [-0.2, 0) is 6.42 Å². The Morgan fingerprint density at radius 3 is 2.75 bits per heavy atom. The Hall–Kier alpha value is -1.00. The van der Waals surface area contributed by atoms with Crippen LogP contribution in [0.15, 0.2) is 30.3 Å². The standard InChI is InChI=1S/C12H14N2S2/c1-15-8-7-10-11(13)16-12(14-10)9-5-3-2-4-6-9/h2-6H,7-8,13H2,1H3. The number of aryl methyl sites for hydroxylation is 1. The number of hydrogen-bond donors (Lipinski definition) is 1. The molecule has 2 nitrogen and oxygen atoms in total. The van der Waals surface area contributed by atoms with Gasteiger partial charge in [-0.3, -0.25) is 0 Å². The van der Waals surface area contributed by atoms with Gasteiger partial charge in [-0.05, 0) is 12.0 Å². The summed E-state index contributed by atoms with van der Waals surface area (Å²) >= 11 is 3.39. The van der Waals surface area contributed by atoms with Gasteiger partial charge in [0.2, 0.25) is 0 Å². The van der Waals surface area contributed by atoms with Gasteiger partial charge in [-0.25, -0.2) is 4.98 Å². The van der Waals surface area contributed by atoms with E-state index in [1.165, 1.54) is 0 Å². The highest BCUT2D eigenvalue weighted by Gasteiger charge is 2.09. The third kappa shape index (κ3) is 2.57. The first-order chi connectivity index (χ1) is 7.81. The molecule has 1 aromatic heterocycles. The summed E-state index contributed by atoms with van der Waals surface area (Å²) in [5, 5.41) is 1.88. The van der Waals surface area contributed by atoms with Crippen LogP contribution in [0.2, 0.25) is 0 Å². The summed E-state index contributed by atoms with van der Waals surface area (Å²) in [6.45, 7) is 0. The van der Waals surface area contributed by atoms with Crippen LogP contribution in [0.5, 0.6) is 0 Å². The van der Waals surface area contributed by atoms with E-state index in [1.807, 2.05) is 30.0 Å². The van der Waals surface area contributed by atoms with Crippen LogP contribution in [0.4, 0.5) is 5.00 Å². The number of aromatic nitrogens is 1. The molecule has 0 atom stereocenters. The Kier molecular flexibility index (Phi) is 3.85. The summed E-state index contributed by atoms with van der Waals surface area (Å²) in [4.78, 5) is 4.60. The van der Waals surface area contributed by atoms with Crippen LogP contribution in [-0.4, -0.2) is 17.0 Å². The van der Waals surface area contributed by atoms with Crippen molar-refractivity contribution in [1.82, 2.24) is 4.98 Å². The van der Waals surface area contributed by atoms with Crippen molar-refractivity contribution in [2.75, 3.05) is 17.7 Å². The van der Waals surface area contributed by atoms with Gasteiger partial charge in [0.25, 0.3) is 0 Å². The van der Waals surface area contributed by atoms with Crippen molar-refractivity contribution >= 4 is 28.1 Å². The van der Waals surface area contributed by atoms with Crippen LogP contribution in [0.1, 0.15) is 5.69 Å². The van der Waals surface area contributed by atoms with E-state index in [0.717, 1.165) is 33.4 Å². The number of nitrogens with zero attached hydrogens (tertiary/aromatic N) is 1. The maximum atomic E-state index is 5.97. The number of thiazole rings is 1. The Bertz CT molecular complexity index is 451. The molecule has 0 amide bonds. The number of rotatable bonds is 4. The molecule has 0 aliphatic heterocycles. The minimum absolute atomic E-state index is 0.855. The Morgan fingerprint density at radius 2 is 2.06 bits per heavy atom. The minimum atomic E-state index is 0.855. The molecule has 2 rings (SSSR count). The number of thioether (sulfide) groups is 1. The smallest absolute Gasteiger partial charge is 0.125 e. The topological polar surface area (TPSA) is 38.9 Å². The average molecular weight is 250 g/mol. The van der Waals surface area contributed by atoms with Crippen LogP contribution < -0.4 is 5.73 Å². The van der Waals surface area contributed by atoms with E-state index in [2.05, 4.69) is 23.4 Å². The summed E-state index contributed by atoms with van der Waals surface area (Å²) in [5.41, 5.74) is 8.15. The molecule has 0 saturated heterocycles. The van der Waals surface area contributed by atoms with Gasteiger partial charge in [0.1, 0.15) is 10.0 Å². The molecule has 0 fully saturated rings. The predicted octanol–water partition coefficient (Wildman–Crippen LogP) is 3.30. The summed E-state index contributed by atoms with van der Waals surface area (Å²) in [7, 11) is 0. The minimum Gasteiger partial charge on any atom is -0.389 e. The molecular weight excluding hydrogens is 236 g/mol. The van der Waals surface area contributed by atoms with E-state index in [-0.39, 0.29) is 0 Å². The summed E-state index contributed by atoms with van der Waals surface area (Å²) < 4.78 is 0. The Balaban J connectivity index is 2.24. The van der Waals surface area contributed by atoms with Crippen molar-refractivity contribution in [3.63, 3.8) is 0 Å². The third-order valence-electron chi connectivity index (χ3n) is 2.29. The van der Waals surface area contributed by atoms with E-state index in [0.29, 0.717) is 0 Å². The molecule has 0 spiro atoms. The molecule has 0 aliphatic carbocycles. The molecule has 2 N–H and O–H groups in total. The van der Waals surface area contributed by atoms with Crippen molar-refractivity contribution in [3.8, 4) is 10.6 Å². The Labute approximate surface area is 104 Å². The molecule has 1 aromatic carbocycles. The highest BCUT2D eigenvalue weighted by atomic mass is 32.2. The molecule has 1 heterocycles. The van der Waals surface area contributed by atoms with Crippen LogP contribution in [0, 0.1) is 0 Å². The van der Waals surface area contributed by atoms with Gasteiger partial charge in [0.05, 0.1) is 5.69 Å². The summed E-state index contributed by atoms with van der Waals surface area (Å²) in [6, 6.07) is 10.2. The maximum Gasteiger partial charge on any atom is 0.125 e. The fourth-order valence-corrected chi connectivity index (χ4v) is 2.73.